The predicted octanol–water partition coefficient (Wildman–Crippen LogP) is 4.51. The van der Waals surface area contributed by atoms with E-state index in [9.17, 15) is 9.59 Å². The van der Waals surface area contributed by atoms with Crippen LogP contribution < -0.4 is 4.74 Å². The van der Waals surface area contributed by atoms with Crippen LogP contribution in [-0.2, 0) is 11.4 Å². The van der Waals surface area contributed by atoms with Gasteiger partial charge < -0.3 is 4.74 Å². The van der Waals surface area contributed by atoms with Gasteiger partial charge in [-0.3, -0.25) is 14.5 Å². The summed E-state index contributed by atoms with van der Waals surface area (Å²) in [5, 5.41) is 0.436. The number of likely N-dealkylation sites (N-methyl/N-ethyl adjacent to an activating group) is 1. The van der Waals surface area contributed by atoms with E-state index >= 15 is 0 Å². The molecule has 140 valence electrons. The third-order valence-electron chi connectivity index (χ3n) is 3.83. The minimum absolute atomic E-state index is 0.278. The van der Waals surface area contributed by atoms with Gasteiger partial charge in [-0.25, -0.2) is 9.97 Å². The van der Waals surface area contributed by atoms with E-state index in [2.05, 4.69) is 25.9 Å². The molecule has 2 amide bonds. The number of carbonyl (C=O) groups is 2. The maximum Gasteiger partial charge on any atom is 0.293 e. The van der Waals surface area contributed by atoms with Crippen LogP contribution in [0.5, 0.6) is 5.75 Å². The van der Waals surface area contributed by atoms with Crippen molar-refractivity contribution in [1.29, 1.82) is 0 Å². The van der Waals surface area contributed by atoms with Crippen LogP contribution in [0.1, 0.15) is 16.7 Å². The monoisotopic (exact) mass is 465 g/mol. The molecule has 1 aromatic carbocycles. The number of hydrogen-bond donors (Lipinski definition) is 0. The van der Waals surface area contributed by atoms with Crippen LogP contribution in [0, 0.1) is 6.92 Å². The van der Waals surface area contributed by atoms with E-state index in [4.69, 9.17) is 4.74 Å². The first kappa shape index (κ1) is 19.9. The van der Waals surface area contributed by atoms with Gasteiger partial charge in [-0.1, -0.05) is 27.7 Å². The van der Waals surface area contributed by atoms with Crippen molar-refractivity contribution in [3.8, 4) is 5.75 Å². The standard InChI is InChI=1S/C18H16BrN3O3S2/c1-10-4-13(19)12(6-15-16(23)22(2)18(24)27-15)5-14(10)25-9-11-7-20-17(26-3)21-8-11/h4-8H,9H2,1-3H3/b15-6-. The third-order valence-corrected chi connectivity index (χ3v) is 6.05. The molecule has 27 heavy (non-hydrogen) atoms. The average molecular weight is 466 g/mol. The van der Waals surface area contributed by atoms with E-state index in [1.807, 2.05) is 25.3 Å². The Bertz CT molecular complexity index is 932. The molecule has 1 aromatic heterocycles. The Labute approximate surface area is 173 Å². The molecule has 0 aliphatic carbocycles. The van der Waals surface area contributed by atoms with Gasteiger partial charge in [-0.05, 0) is 54.3 Å². The van der Waals surface area contributed by atoms with Gasteiger partial charge in [0.25, 0.3) is 11.1 Å². The summed E-state index contributed by atoms with van der Waals surface area (Å²) in [6.45, 7) is 2.28. The molecule has 1 saturated heterocycles. The quantitative estimate of drug-likeness (QED) is 0.365. The molecule has 2 aromatic rings. The summed E-state index contributed by atoms with van der Waals surface area (Å²) in [6.07, 6.45) is 7.10. The number of nitrogens with zero attached hydrogens (tertiary/aromatic N) is 3. The van der Waals surface area contributed by atoms with Crippen molar-refractivity contribution in [2.24, 2.45) is 0 Å². The van der Waals surface area contributed by atoms with E-state index < -0.39 is 0 Å². The fourth-order valence-electron chi connectivity index (χ4n) is 2.31. The van der Waals surface area contributed by atoms with Gasteiger partial charge in [0, 0.05) is 29.5 Å². The number of ether oxygens (including phenoxy) is 1. The molecule has 6 nitrogen and oxygen atoms in total. The Hall–Kier alpha value is -1.84. The summed E-state index contributed by atoms with van der Waals surface area (Å²) in [5.41, 5.74) is 2.58. The fraction of sp³-hybridized carbons (Fsp3) is 0.222. The minimum Gasteiger partial charge on any atom is -0.488 e. The number of halogens is 1. The molecule has 1 aliphatic heterocycles. The summed E-state index contributed by atoms with van der Waals surface area (Å²) in [4.78, 5) is 33.7. The van der Waals surface area contributed by atoms with Gasteiger partial charge in [0.1, 0.15) is 12.4 Å². The highest BCUT2D eigenvalue weighted by Gasteiger charge is 2.31. The summed E-state index contributed by atoms with van der Waals surface area (Å²) in [6, 6.07) is 3.77. The van der Waals surface area contributed by atoms with E-state index in [0.717, 1.165) is 37.8 Å². The topological polar surface area (TPSA) is 72.4 Å². The van der Waals surface area contributed by atoms with Gasteiger partial charge in [0.15, 0.2) is 5.16 Å². The maximum atomic E-state index is 12.1. The number of aryl methyl sites for hydroxylation is 1. The van der Waals surface area contributed by atoms with E-state index in [1.54, 1.807) is 18.5 Å². The normalized spacial score (nSPS) is 15.7. The molecule has 0 saturated carbocycles. The number of amides is 2. The number of hydrogen-bond acceptors (Lipinski definition) is 7. The van der Waals surface area contributed by atoms with Gasteiger partial charge in [0.05, 0.1) is 4.91 Å². The third kappa shape index (κ3) is 4.53. The molecule has 3 rings (SSSR count). The average Bonchev–Trinajstić information content (AvgIpc) is 2.90. The maximum absolute atomic E-state index is 12.1. The van der Waals surface area contributed by atoms with E-state index in [-0.39, 0.29) is 11.1 Å². The molecular weight excluding hydrogens is 450 g/mol. The Morgan fingerprint density at radius 1 is 1.30 bits per heavy atom. The molecule has 0 radical (unpaired) electrons. The van der Waals surface area contributed by atoms with E-state index in [1.165, 1.54) is 18.8 Å². The van der Waals surface area contributed by atoms with Crippen molar-refractivity contribution in [1.82, 2.24) is 14.9 Å². The molecule has 0 unspecified atom stereocenters. The Kier molecular flexibility index (Phi) is 6.23. The van der Waals surface area contributed by atoms with Gasteiger partial charge in [-0.15, -0.1) is 0 Å². The van der Waals surface area contributed by atoms with Crippen LogP contribution in [0.3, 0.4) is 0 Å². The minimum atomic E-state index is -0.300. The highest BCUT2D eigenvalue weighted by atomic mass is 79.9. The first-order valence-corrected chi connectivity index (χ1v) is 10.7. The largest absolute Gasteiger partial charge is 0.488 e. The number of aromatic nitrogens is 2. The van der Waals surface area contributed by atoms with Gasteiger partial charge in [0.2, 0.25) is 0 Å². The Balaban J connectivity index is 1.81. The number of benzene rings is 1. The second kappa shape index (κ2) is 8.45. The van der Waals surface area contributed by atoms with Crippen molar-refractivity contribution in [2.75, 3.05) is 13.3 Å². The van der Waals surface area contributed by atoms with Gasteiger partial charge >= 0.3 is 0 Å². The molecule has 0 spiro atoms. The lowest BCUT2D eigenvalue weighted by Gasteiger charge is -2.12. The van der Waals surface area contributed by atoms with Crippen LogP contribution in [-0.4, -0.2) is 39.3 Å². The zero-order valence-electron chi connectivity index (χ0n) is 14.9. The molecule has 0 atom stereocenters. The molecule has 0 N–H and O–H groups in total. The van der Waals surface area contributed by atoms with E-state index in [0.29, 0.717) is 22.4 Å². The number of rotatable bonds is 5. The number of imide groups is 1. The molecule has 0 bridgehead atoms. The lowest BCUT2D eigenvalue weighted by atomic mass is 10.1. The van der Waals surface area contributed by atoms with Crippen molar-refractivity contribution < 1.29 is 14.3 Å². The second-order valence-electron chi connectivity index (χ2n) is 5.75. The smallest absolute Gasteiger partial charge is 0.293 e. The van der Waals surface area contributed by atoms with Crippen LogP contribution >= 0.6 is 39.5 Å². The highest BCUT2D eigenvalue weighted by Crippen LogP contribution is 2.35. The first-order valence-electron chi connectivity index (χ1n) is 7.88. The summed E-state index contributed by atoms with van der Waals surface area (Å²) < 4.78 is 6.74. The van der Waals surface area contributed by atoms with Crippen molar-refractivity contribution >= 4 is 56.7 Å². The number of thioether (sulfide) groups is 2. The zero-order chi connectivity index (χ0) is 19.6. The molecule has 2 heterocycles. The lowest BCUT2D eigenvalue weighted by molar-refractivity contribution is -0.121. The van der Waals surface area contributed by atoms with Crippen LogP contribution in [0.4, 0.5) is 4.79 Å². The Morgan fingerprint density at radius 2 is 2.00 bits per heavy atom. The lowest BCUT2D eigenvalue weighted by Crippen LogP contribution is -2.22. The van der Waals surface area contributed by atoms with Gasteiger partial charge in [-0.2, -0.15) is 0 Å². The van der Waals surface area contributed by atoms with Crippen molar-refractivity contribution in [3.63, 3.8) is 0 Å². The molecule has 1 fully saturated rings. The zero-order valence-corrected chi connectivity index (χ0v) is 18.1. The second-order valence-corrected chi connectivity index (χ2v) is 8.37. The molecule has 9 heteroatoms. The highest BCUT2D eigenvalue weighted by molar-refractivity contribution is 9.10. The molecular formula is C18H16BrN3O3S2. The van der Waals surface area contributed by atoms with Crippen molar-refractivity contribution in [2.45, 2.75) is 18.7 Å². The fourth-order valence-corrected chi connectivity index (χ4v) is 4.01. The molecule has 1 aliphatic rings. The Morgan fingerprint density at radius 3 is 2.59 bits per heavy atom. The predicted molar refractivity (Wildman–Crippen MR) is 111 cm³/mol. The number of carbonyl (C=O) groups excluding carboxylic acids is 2. The van der Waals surface area contributed by atoms with Crippen LogP contribution in [0.2, 0.25) is 0 Å². The van der Waals surface area contributed by atoms with Crippen molar-refractivity contribution in [3.05, 3.63) is 50.6 Å². The van der Waals surface area contributed by atoms with Crippen LogP contribution in [0.25, 0.3) is 6.08 Å². The summed E-state index contributed by atoms with van der Waals surface area (Å²) >= 11 is 5.92. The van der Waals surface area contributed by atoms with Crippen LogP contribution in [0.15, 0.2) is 39.1 Å². The SMILES string of the molecule is CSc1ncc(COc2cc(/C=C3\SC(=O)N(C)C3=O)c(Br)cc2C)cn1. The summed E-state index contributed by atoms with van der Waals surface area (Å²) in [7, 11) is 1.47. The first-order chi connectivity index (χ1) is 12.9. The summed E-state index contributed by atoms with van der Waals surface area (Å²) in [5.74, 6) is 0.389.